The van der Waals surface area contributed by atoms with Gasteiger partial charge in [0.05, 0.1) is 26.4 Å². The highest BCUT2D eigenvalue weighted by molar-refractivity contribution is 7.47. The van der Waals surface area contributed by atoms with E-state index in [9.17, 15) is 43.2 Å². The lowest BCUT2D eigenvalue weighted by Gasteiger charge is -2.21. The fourth-order valence-electron chi connectivity index (χ4n) is 12.0. The summed E-state index contributed by atoms with van der Waals surface area (Å²) < 4.78 is 68.5. The van der Waals surface area contributed by atoms with Gasteiger partial charge in [0.1, 0.15) is 19.3 Å². The number of carbonyl (C=O) groups is 4. The maximum Gasteiger partial charge on any atom is 0.472 e. The van der Waals surface area contributed by atoms with Crippen molar-refractivity contribution in [2.24, 2.45) is 11.8 Å². The van der Waals surface area contributed by atoms with Gasteiger partial charge < -0.3 is 33.8 Å². The number of aliphatic hydroxyl groups excluding tert-OH is 1. The molecule has 0 amide bonds. The fraction of sp³-hybridized carbons (Fsp3) is 0.949. The standard InChI is InChI=1S/C78H152O17P2/c1-7-9-11-13-15-16-17-18-19-20-21-22-23-24-25-28-32-38-44-50-56-62-77(82)95-74(67-89-76(81)61-55-49-43-37-31-29-26-27-30-35-41-46-52-58-70(3)4)69-93-97(86,87)91-65-72(79)64-90-96(84,85)92-68-73(66-88-75(80)60-54-48-40-14-12-10-8-2)94-78(83)63-57-51-45-39-34-33-36-42-47-53-59-71(5)6/h70-74,79H,7-69H2,1-6H3,(H,84,85)(H,86,87)/t72-,73+,74+/m0/s1. The molecule has 576 valence electrons. The van der Waals surface area contributed by atoms with Crippen LogP contribution in [0.25, 0.3) is 0 Å². The lowest BCUT2D eigenvalue weighted by Crippen LogP contribution is -2.30. The second kappa shape index (κ2) is 69.8. The van der Waals surface area contributed by atoms with Crippen LogP contribution >= 0.6 is 15.6 Å². The van der Waals surface area contributed by atoms with Crippen molar-refractivity contribution in [3.05, 3.63) is 0 Å². The van der Waals surface area contributed by atoms with E-state index in [1.54, 1.807) is 0 Å². The molecule has 0 bridgehead atoms. The van der Waals surface area contributed by atoms with E-state index in [0.717, 1.165) is 115 Å². The molecule has 0 saturated heterocycles. The molecule has 0 aromatic rings. The summed E-state index contributed by atoms with van der Waals surface area (Å²) in [6, 6.07) is 0. The van der Waals surface area contributed by atoms with Gasteiger partial charge in [-0.25, -0.2) is 9.13 Å². The van der Waals surface area contributed by atoms with Gasteiger partial charge in [0.15, 0.2) is 12.2 Å². The third-order valence-electron chi connectivity index (χ3n) is 18.2. The zero-order chi connectivity index (χ0) is 71.4. The molecule has 97 heavy (non-hydrogen) atoms. The first-order valence-electron chi connectivity index (χ1n) is 40.5. The van der Waals surface area contributed by atoms with Gasteiger partial charge >= 0.3 is 39.5 Å². The van der Waals surface area contributed by atoms with Gasteiger partial charge in [-0.3, -0.25) is 37.3 Å². The van der Waals surface area contributed by atoms with Crippen LogP contribution in [0.1, 0.15) is 408 Å². The first-order chi connectivity index (χ1) is 46.9. The van der Waals surface area contributed by atoms with E-state index in [1.165, 1.54) is 212 Å². The summed E-state index contributed by atoms with van der Waals surface area (Å²) in [5.41, 5.74) is 0. The Bertz CT molecular complexity index is 1870. The van der Waals surface area contributed by atoms with Crippen LogP contribution in [0.3, 0.4) is 0 Å². The van der Waals surface area contributed by atoms with Gasteiger partial charge in [-0.2, -0.15) is 0 Å². The minimum absolute atomic E-state index is 0.106. The van der Waals surface area contributed by atoms with Gasteiger partial charge in [-0.15, -0.1) is 0 Å². The molecule has 5 atom stereocenters. The Labute approximate surface area is 594 Å². The highest BCUT2D eigenvalue weighted by atomic mass is 31.2. The number of phosphoric acid groups is 2. The van der Waals surface area contributed by atoms with Gasteiger partial charge in [0.25, 0.3) is 0 Å². The van der Waals surface area contributed by atoms with Gasteiger partial charge in [-0.05, 0) is 37.5 Å². The van der Waals surface area contributed by atoms with E-state index >= 15 is 0 Å². The fourth-order valence-corrected chi connectivity index (χ4v) is 13.6. The molecule has 0 aliphatic rings. The monoisotopic (exact) mass is 1420 g/mol. The number of ether oxygens (including phenoxy) is 4. The second-order valence-corrected chi connectivity index (χ2v) is 32.0. The number of aliphatic hydroxyl groups is 1. The van der Waals surface area contributed by atoms with E-state index in [2.05, 4.69) is 41.5 Å². The van der Waals surface area contributed by atoms with Gasteiger partial charge in [-0.1, -0.05) is 356 Å². The number of carbonyl (C=O) groups excluding carboxylic acids is 4. The van der Waals surface area contributed by atoms with Crippen LogP contribution < -0.4 is 0 Å². The average molecular weight is 1420 g/mol. The molecule has 17 nitrogen and oxygen atoms in total. The van der Waals surface area contributed by atoms with Crippen LogP contribution in [-0.2, 0) is 65.4 Å². The van der Waals surface area contributed by atoms with Crippen molar-refractivity contribution >= 4 is 39.5 Å². The highest BCUT2D eigenvalue weighted by Crippen LogP contribution is 2.45. The molecule has 0 aromatic carbocycles. The number of hydrogen-bond acceptors (Lipinski definition) is 15. The summed E-state index contributed by atoms with van der Waals surface area (Å²) in [5.74, 6) is -0.575. The average Bonchev–Trinajstić information content (AvgIpc) is 2.38. The van der Waals surface area contributed by atoms with Crippen LogP contribution in [0.15, 0.2) is 0 Å². The minimum atomic E-state index is -4.96. The van der Waals surface area contributed by atoms with E-state index in [4.69, 9.17) is 37.0 Å². The van der Waals surface area contributed by atoms with Crippen LogP contribution in [0.4, 0.5) is 0 Å². The van der Waals surface area contributed by atoms with E-state index < -0.39 is 97.5 Å². The quantitative estimate of drug-likeness (QED) is 0.0222. The zero-order valence-corrected chi connectivity index (χ0v) is 65.2. The largest absolute Gasteiger partial charge is 0.472 e. The van der Waals surface area contributed by atoms with Gasteiger partial charge in [0, 0.05) is 25.7 Å². The van der Waals surface area contributed by atoms with E-state index in [-0.39, 0.29) is 25.7 Å². The van der Waals surface area contributed by atoms with Crippen molar-refractivity contribution in [3.63, 3.8) is 0 Å². The van der Waals surface area contributed by atoms with E-state index in [1.807, 2.05) is 0 Å². The number of unbranched alkanes of at least 4 members (excludes halogenated alkanes) is 47. The minimum Gasteiger partial charge on any atom is -0.462 e. The van der Waals surface area contributed by atoms with Crippen LogP contribution in [0.2, 0.25) is 0 Å². The summed E-state index contributed by atoms with van der Waals surface area (Å²) in [6.07, 6.45) is 58.5. The van der Waals surface area contributed by atoms with Crippen LogP contribution in [0.5, 0.6) is 0 Å². The molecule has 0 fully saturated rings. The first kappa shape index (κ1) is 95.1. The van der Waals surface area contributed by atoms with Crippen molar-refractivity contribution in [2.75, 3.05) is 39.6 Å². The summed E-state index contributed by atoms with van der Waals surface area (Å²) in [5, 5.41) is 10.6. The number of hydrogen-bond donors (Lipinski definition) is 3. The lowest BCUT2D eigenvalue weighted by molar-refractivity contribution is -0.161. The predicted molar refractivity (Wildman–Crippen MR) is 395 cm³/mol. The van der Waals surface area contributed by atoms with Crippen molar-refractivity contribution in [3.8, 4) is 0 Å². The molecular weight excluding hydrogens is 1270 g/mol. The lowest BCUT2D eigenvalue weighted by atomic mass is 10.0. The molecule has 0 aliphatic heterocycles. The molecule has 0 aliphatic carbocycles. The normalized spacial score (nSPS) is 14.0. The molecule has 3 N–H and O–H groups in total. The van der Waals surface area contributed by atoms with Crippen molar-refractivity contribution in [1.29, 1.82) is 0 Å². The Hall–Kier alpha value is -1.94. The van der Waals surface area contributed by atoms with Crippen molar-refractivity contribution < 1.29 is 80.2 Å². The molecule has 0 rings (SSSR count). The molecule has 0 saturated carbocycles. The topological polar surface area (TPSA) is 237 Å². The summed E-state index contributed by atoms with van der Waals surface area (Å²) in [4.78, 5) is 72.7. The molecule has 0 radical (unpaired) electrons. The van der Waals surface area contributed by atoms with Gasteiger partial charge in [0.2, 0.25) is 0 Å². The molecular formula is C78H152O17P2. The summed E-state index contributed by atoms with van der Waals surface area (Å²) in [7, 11) is -9.91. The Morgan fingerprint density at radius 1 is 0.278 bits per heavy atom. The third-order valence-corrected chi connectivity index (χ3v) is 20.1. The smallest absolute Gasteiger partial charge is 0.462 e. The molecule has 2 unspecified atom stereocenters. The van der Waals surface area contributed by atoms with E-state index in [0.29, 0.717) is 25.7 Å². The highest BCUT2D eigenvalue weighted by Gasteiger charge is 2.30. The number of phosphoric ester groups is 2. The van der Waals surface area contributed by atoms with Crippen LogP contribution in [-0.4, -0.2) is 96.7 Å². The zero-order valence-electron chi connectivity index (χ0n) is 63.4. The van der Waals surface area contributed by atoms with Crippen LogP contribution in [0, 0.1) is 11.8 Å². The Kier molecular flexibility index (Phi) is 68.4. The third kappa shape index (κ3) is 72.2. The first-order valence-corrected chi connectivity index (χ1v) is 43.5. The Balaban J connectivity index is 5.17. The second-order valence-electron chi connectivity index (χ2n) is 29.1. The number of esters is 4. The molecule has 19 heteroatoms. The maximum atomic E-state index is 13.1. The number of rotatable bonds is 77. The summed E-state index contributed by atoms with van der Waals surface area (Å²) >= 11 is 0. The Morgan fingerprint density at radius 3 is 0.701 bits per heavy atom. The molecule has 0 heterocycles. The predicted octanol–water partition coefficient (Wildman–Crippen LogP) is 23.1. The maximum absolute atomic E-state index is 13.1. The van der Waals surface area contributed by atoms with Crippen molar-refractivity contribution in [1.82, 2.24) is 0 Å². The SMILES string of the molecule is CCCCCCCCCCCCCCCCCCCCCCCC(=O)O[C@H](COC(=O)CCCCCCCCCCCCCCCC(C)C)COP(=O)(O)OC[C@@H](O)COP(=O)(O)OC[C@@H](COC(=O)CCCCCCCCC)OC(=O)CCCCCCCCCCCCC(C)C. The molecule has 0 spiro atoms. The Morgan fingerprint density at radius 2 is 0.474 bits per heavy atom. The summed E-state index contributed by atoms with van der Waals surface area (Å²) in [6.45, 7) is 9.57. The van der Waals surface area contributed by atoms with Crippen molar-refractivity contribution in [2.45, 2.75) is 426 Å². The molecule has 0 aromatic heterocycles.